The Morgan fingerprint density at radius 2 is 1.93 bits per heavy atom. The van der Waals surface area contributed by atoms with Crippen molar-refractivity contribution in [1.29, 1.82) is 0 Å². The smallest absolute Gasteiger partial charge is 0.307 e. The molecule has 1 amide bonds. The summed E-state index contributed by atoms with van der Waals surface area (Å²) in [4.78, 5) is 29.6. The van der Waals surface area contributed by atoms with Crippen LogP contribution in [0.1, 0.15) is 54.0 Å². The first-order chi connectivity index (χ1) is 13.8. The van der Waals surface area contributed by atoms with Crippen LogP contribution in [0.4, 0.5) is 0 Å². The van der Waals surface area contributed by atoms with Crippen molar-refractivity contribution in [3.63, 3.8) is 0 Å². The van der Waals surface area contributed by atoms with Crippen LogP contribution in [0.25, 0.3) is 11.0 Å². The number of carbonyl (C=O) groups excluding carboxylic acids is 2. The molecule has 29 heavy (non-hydrogen) atoms. The number of pyridine rings is 1. The number of nitrogens with zero attached hydrogens (tertiary/aromatic N) is 3. The predicted molar refractivity (Wildman–Crippen MR) is 114 cm³/mol. The van der Waals surface area contributed by atoms with Crippen LogP contribution in [0, 0.1) is 6.92 Å². The largest absolute Gasteiger partial charge is 0.469 e. The van der Waals surface area contributed by atoms with Gasteiger partial charge >= 0.3 is 5.97 Å². The molecule has 1 aromatic carbocycles. The molecule has 152 valence electrons. The van der Waals surface area contributed by atoms with Gasteiger partial charge in [0.05, 0.1) is 36.7 Å². The van der Waals surface area contributed by atoms with Gasteiger partial charge in [-0.2, -0.15) is 5.10 Å². The van der Waals surface area contributed by atoms with Gasteiger partial charge in [0.2, 0.25) is 0 Å². The van der Waals surface area contributed by atoms with E-state index >= 15 is 0 Å². The number of aromatic nitrogens is 3. The molecule has 1 N–H and O–H groups in total. The molecular formula is C21H23BrN4O3. The average Bonchev–Trinajstić information content (AvgIpc) is 3.11. The number of nitrogens with one attached hydrogen (secondary N) is 1. The summed E-state index contributed by atoms with van der Waals surface area (Å²) in [5.74, 6) is -0.692. The van der Waals surface area contributed by atoms with Gasteiger partial charge in [-0.15, -0.1) is 0 Å². The minimum atomic E-state index is -0.522. The molecular weight excluding hydrogens is 436 g/mol. The fraction of sp³-hybridized carbons (Fsp3) is 0.333. The van der Waals surface area contributed by atoms with E-state index < -0.39 is 12.0 Å². The Morgan fingerprint density at radius 3 is 2.55 bits per heavy atom. The van der Waals surface area contributed by atoms with Crippen LogP contribution >= 0.6 is 15.9 Å². The molecule has 0 radical (unpaired) electrons. The number of carbonyl (C=O) groups is 2. The van der Waals surface area contributed by atoms with Gasteiger partial charge in [0.25, 0.3) is 5.91 Å². The highest BCUT2D eigenvalue weighted by Crippen LogP contribution is 2.24. The Bertz CT molecular complexity index is 1040. The van der Waals surface area contributed by atoms with E-state index in [2.05, 4.69) is 31.3 Å². The minimum Gasteiger partial charge on any atom is -0.469 e. The predicted octanol–water partition coefficient (Wildman–Crippen LogP) is 4.12. The van der Waals surface area contributed by atoms with Gasteiger partial charge in [0.15, 0.2) is 5.65 Å². The van der Waals surface area contributed by atoms with E-state index in [1.54, 1.807) is 16.9 Å². The molecule has 0 fully saturated rings. The van der Waals surface area contributed by atoms with E-state index in [-0.39, 0.29) is 18.4 Å². The standard InChI is InChI=1S/C21H23BrN4O3/c1-12(2)26-20-17(11-23-26)16(9-13(3)24-20)21(28)25-18(10-19(27)29-4)14-5-7-15(22)8-6-14/h5-9,11-12,18H,10H2,1-4H3,(H,25,28)/t18-/m0/s1. The van der Waals surface area contributed by atoms with Gasteiger partial charge in [-0.05, 0) is 44.5 Å². The van der Waals surface area contributed by atoms with Crippen LogP contribution in [0.2, 0.25) is 0 Å². The summed E-state index contributed by atoms with van der Waals surface area (Å²) < 4.78 is 7.51. The van der Waals surface area contributed by atoms with Gasteiger partial charge in [-0.3, -0.25) is 9.59 Å². The van der Waals surface area contributed by atoms with Gasteiger partial charge in [0, 0.05) is 16.2 Å². The Balaban J connectivity index is 1.97. The molecule has 0 saturated carbocycles. The van der Waals surface area contributed by atoms with E-state index in [9.17, 15) is 9.59 Å². The van der Waals surface area contributed by atoms with Crippen molar-refractivity contribution in [2.45, 2.75) is 39.3 Å². The van der Waals surface area contributed by atoms with Crippen molar-refractivity contribution in [2.24, 2.45) is 0 Å². The first-order valence-corrected chi connectivity index (χ1v) is 10.1. The number of halogens is 1. The summed E-state index contributed by atoms with van der Waals surface area (Å²) in [5, 5.41) is 8.03. The highest BCUT2D eigenvalue weighted by atomic mass is 79.9. The lowest BCUT2D eigenvalue weighted by Crippen LogP contribution is -2.30. The number of amides is 1. The third kappa shape index (κ3) is 4.64. The van der Waals surface area contributed by atoms with Gasteiger partial charge in [0.1, 0.15) is 0 Å². The molecule has 0 saturated heterocycles. The molecule has 1 atom stereocenters. The van der Waals surface area contributed by atoms with Crippen molar-refractivity contribution in [2.75, 3.05) is 7.11 Å². The van der Waals surface area contributed by atoms with Crippen LogP contribution in [0.15, 0.2) is 41.0 Å². The number of fused-ring (bicyclic) bond motifs is 1. The molecule has 2 heterocycles. The summed E-state index contributed by atoms with van der Waals surface area (Å²) in [6, 6.07) is 8.80. The fourth-order valence-corrected chi connectivity index (χ4v) is 3.41. The molecule has 0 aliphatic carbocycles. The quantitative estimate of drug-likeness (QED) is 0.561. The maximum absolute atomic E-state index is 13.2. The number of ether oxygens (including phenoxy) is 1. The van der Waals surface area contributed by atoms with Gasteiger partial charge in [-0.25, -0.2) is 9.67 Å². The SMILES string of the molecule is COC(=O)C[C@H](NC(=O)c1cc(C)nc2c1cnn2C(C)C)c1ccc(Br)cc1. The number of rotatable bonds is 6. The van der Waals surface area contributed by atoms with E-state index in [0.717, 1.165) is 15.7 Å². The average molecular weight is 459 g/mol. The molecule has 0 unspecified atom stereocenters. The molecule has 0 spiro atoms. The fourth-order valence-electron chi connectivity index (χ4n) is 3.14. The first kappa shape index (κ1) is 21.0. The zero-order valence-electron chi connectivity index (χ0n) is 16.8. The Hall–Kier alpha value is -2.74. The van der Waals surface area contributed by atoms with Gasteiger partial charge < -0.3 is 10.1 Å². The zero-order valence-corrected chi connectivity index (χ0v) is 18.4. The molecule has 8 heteroatoms. The van der Waals surface area contributed by atoms with Crippen molar-refractivity contribution in [3.05, 3.63) is 57.8 Å². The van der Waals surface area contributed by atoms with Crippen molar-refractivity contribution >= 4 is 38.8 Å². The number of benzene rings is 1. The van der Waals surface area contributed by atoms with Crippen LogP contribution in [0.3, 0.4) is 0 Å². The first-order valence-electron chi connectivity index (χ1n) is 9.28. The van der Waals surface area contributed by atoms with Crippen LogP contribution in [-0.2, 0) is 9.53 Å². The Labute approximate surface area is 177 Å². The van der Waals surface area contributed by atoms with E-state index in [1.807, 2.05) is 45.0 Å². The molecule has 0 aliphatic heterocycles. The number of esters is 1. The third-order valence-corrected chi connectivity index (χ3v) is 5.13. The molecule has 0 bridgehead atoms. The second-order valence-corrected chi connectivity index (χ2v) is 8.00. The number of hydrogen-bond acceptors (Lipinski definition) is 5. The Kier molecular flexibility index (Phi) is 6.32. The normalized spacial score (nSPS) is 12.2. The lowest BCUT2D eigenvalue weighted by molar-refractivity contribution is -0.141. The highest BCUT2D eigenvalue weighted by molar-refractivity contribution is 9.10. The topological polar surface area (TPSA) is 86.1 Å². The van der Waals surface area contributed by atoms with Crippen molar-refractivity contribution < 1.29 is 14.3 Å². The van der Waals surface area contributed by atoms with Crippen molar-refractivity contribution in [1.82, 2.24) is 20.1 Å². The van der Waals surface area contributed by atoms with E-state index in [0.29, 0.717) is 16.6 Å². The summed E-state index contributed by atoms with van der Waals surface area (Å²) in [6.45, 7) is 5.86. The number of aryl methyl sites for hydroxylation is 1. The summed E-state index contributed by atoms with van der Waals surface area (Å²) in [5.41, 5.74) is 2.68. The number of methoxy groups -OCH3 is 1. The lowest BCUT2D eigenvalue weighted by Gasteiger charge is -2.19. The molecule has 0 aliphatic rings. The molecule has 2 aromatic heterocycles. The monoisotopic (exact) mass is 458 g/mol. The summed E-state index contributed by atoms with van der Waals surface area (Å²) in [7, 11) is 1.33. The number of hydrogen-bond donors (Lipinski definition) is 1. The van der Waals surface area contributed by atoms with Crippen LogP contribution in [0.5, 0.6) is 0 Å². The molecule has 7 nitrogen and oxygen atoms in total. The zero-order chi connectivity index (χ0) is 21.1. The molecule has 3 rings (SSSR count). The maximum atomic E-state index is 13.2. The maximum Gasteiger partial charge on any atom is 0.307 e. The second-order valence-electron chi connectivity index (χ2n) is 7.09. The summed E-state index contributed by atoms with van der Waals surface area (Å²) >= 11 is 3.40. The molecule has 3 aromatic rings. The lowest BCUT2D eigenvalue weighted by atomic mass is 10.0. The highest BCUT2D eigenvalue weighted by Gasteiger charge is 2.22. The third-order valence-electron chi connectivity index (χ3n) is 4.60. The van der Waals surface area contributed by atoms with E-state index in [1.165, 1.54) is 7.11 Å². The minimum absolute atomic E-state index is 0.0301. The van der Waals surface area contributed by atoms with Crippen LogP contribution < -0.4 is 5.32 Å². The summed E-state index contributed by atoms with van der Waals surface area (Å²) in [6.07, 6.45) is 1.69. The van der Waals surface area contributed by atoms with E-state index in [4.69, 9.17) is 4.74 Å². The Morgan fingerprint density at radius 1 is 1.24 bits per heavy atom. The van der Waals surface area contributed by atoms with Crippen LogP contribution in [-0.4, -0.2) is 33.8 Å². The van der Waals surface area contributed by atoms with Gasteiger partial charge in [-0.1, -0.05) is 28.1 Å². The second kappa shape index (κ2) is 8.73. The van der Waals surface area contributed by atoms with Crippen molar-refractivity contribution in [3.8, 4) is 0 Å².